The summed E-state index contributed by atoms with van der Waals surface area (Å²) in [6, 6.07) is 4.68. The number of rotatable bonds is 3. The van der Waals surface area contributed by atoms with Gasteiger partial charge < -0.3 is 10.2 Å². The van der Waals surface area contributed by atoms with Crippen LogP contribution in [0.4, 0.5) is 4.39 Å². The van der Waals surface area contributed by atoms with E-state index in [0.717, 1.165) is 25.9 Å². The fourth-order valence-corrected chi connectivity index (χ4v) is 2.63. The number of halogens is 2. The molecule has 1 aromatic carbocycles. The van der Waals surface area contributed by atoms with Crippen molar-refractivity contribution < 1.29 is 14.1 Å². The van der Waals surface area contributed by atoms with Gasteiger partial charge in [0.25, 0.3) is 0 Å². The third-order valence-corrected chi connectivity index (χ3v) is 3.96. The van der Waals surface area contributed by atoms with E-state index in [1.807, 2.05) is 0 Å². The minimum atomic E-state index is -0.421. The summed E-state index contributed by atoms with van der Waals surface area (Å²) in [5.74, 6) is -0.577. The number of carbonyl (C=O) groups excluding carboxylic acids is 1. The van der Waals surface area contributed by atoms with Gasteiger partial charge in [0.1, 0.15) is 5.82 Å². The average molecular weight is 286 g/mol. The van der Waals surface area contributed by atoms with Gasteiger partial charge in [-0.25, -0.2) is 4.39 Å². The Balaban J connectivity index is 1.91. The predicted molar refractivity (Wildman–Crippen MR) is 72.9 cm³/mol. The highest BCUT2D eigenvalue weighted by molar-refractivity contribution is 6.31. The summed E-state index contributed by atoms with van der Waals surface area (Å²) in [5, 5.41) is 3.27. The van der Waals surface area contributed by atoms with Crippen LogP contribution in [0, 0.1) is 5.82 Å². The van der Waals surface area contributed by atoms with Crippen molar-refractivity contribution in [1.29, 1.82) is 0 Å². The van der Waals surface area contributed by atoms with Crippen molar-refractivity contribution in [2.24, 2.45) is 0 Å². The van der Waals surface area contributed by atoms with E-state index in [0.29, 0.717) is 5.02 Å². The first-order valence-electron chi connectivity index (χ1n) is 6.60. The van der Waals surface area contributed by atoms with E-state index in [4.69, 9.17) is 11.6 Å². The second kappa shape index (κ2) is 6.35. The SMILES string of the molecule is C[NH+]1CCC(NC(=O)Cc2c(F)cccc2Cl)CC1. The molecule has 0 bridgehead atoms. The molecule has 0 spiro atoms. The van der Waals surface area contributed by atoms with Crippen molar-refractivity contribution in [3.63, 3.8) is 0 Å². The smallest absolute Gasteiger partial charge is 0.224 e. The molecule has 1 aliphatic heterocycles. The molecular weight excluding hydrogens is 267 g/mol. The van der Waals surface area contributed by atoms with Gasteiger partial charge >= 0.3 is 0 Å². The maximum Gasteiger partial charge on any atom is 0.224 e. The summed E-state index contributed by atoms with van der Waals surface area (Å²) in [7, 11) is 2.15. The van der Waals surface area contributed by atoms with E-state index in [1.54, 1.807) is 12.1 Å². The first-order valence-corrected chi connectivity index (χ1v) is 6.97. The molecule has 1 saturated heterocycles. The minimum absolute atomic E-state index is 0.00467. The van der Waals surface area contributed by atoms with Crippen molar-refractivity contribution in [3.8, 4) is 0 Å². The molecule has 3 nitrogen and oxygen atoms in total. The maximum absolute atomic E-state index is 13.6. The molecule has 0 radical (unpaired) electrons. The second-order valence-electron chi connectivity index (χ2n) is 5.18. The Morgan fingerprint density at radius 1 is 1.47 bits per heavy atom. The molecule has 104 valence electrons. The molecule has 0 saturated carbocycles. The second-order valence-corrected chi connectivity index (χ2v) is 5.58. The fourth-order valence-electron chi connectivity index (χ4n) is 2.40. The molecule has 19 heavy (non-hydrogen) atoms. The molecule has 0 unspecified atom stereocenters. The first-order chi connectivity index (χ1) is 9.06. The predicted octanol–water partition coefficient (Wildman–Crippen LogP) is 0.815. The Labute approximate surface area is 117 Å². The number of benzene rings is 1. The van der Waals surface area contributed by atoms with E-state index < -0.39 is 5.82 Å². The molecule has 1 heterocycles. The topological polar surface area (TPSA) is 33.5 Å². The van der Waals surface area contributed by atoms with Crippen LogP contribution in [0.1, 0.15) is 18.4 Å². The molecule has 0 aromatic heterocycles. The molecule has 1 fully saturated rings. The van der Waals surface area contributed by atoms with E-state index in [1.165, 1.54) is 11.0 Å². The summed E-state index contributed by atoms with van der Waals surface area (Å²) >= 11 is 5.91. The number of nitrogens with one attached hydrogen (secondary N) is 2. The van der Waals surface area contributed by atoms with Crippen molar-refractivity contribution in [2.75, 3.05) is 20.1 Å². The fraction of sp³-hybridized carbons (Fsp3) is 0.500. The largest absolute Gasteiger partial charge is 0.353 e. The molecule has 1 aliphatic rings. The number of amides is 1. The number of likely N-dealkylation sites (tertiary alicyclic amines) is 1. The van der Waals surface area contributed by atoms with Crippen molar-refractivity contribution in [1.82, 2.24) is 5.32 Å². The van der Waals surface area contributed by atoms with Crippen LogP contribution in [0.25, 0.3) is 0 Å². The Kier molecular flexibility index (Phi) is 4.77. The van der Waals surface area contributed by atoms with Crippen molar-refractivity contribution in [3.05, 3.63) is 34.6 Å². The lowest BCUT2D eigenvalue weighted by molar-refractivity contribution is -0.884. The zero-order valence-corrected chi connectivity index (χ0v) is 11.8. The molecule has 2 rings (SSSR count). The van der Waals surface area contributed by atoms with E-state index >= 15 is 0 Å². The summed E-state index contributed by atoms with van der Waals surface area (Å²) < 4.78 is 13.6. The Bertz CT molecular complexity index is 439. The maximum atomic E-state index is 13.6. The third kappa shape index (κ3) is 3.91. The molecule has 1 amide bonds. The van der Waals surface area contributed by atoms with Crippen LogP contribution < -0.4 is 10.2 Å². The Morgan fingerprint density at radius 3 is 2.79 bits per heavy atom. The van der Waals surface area contributed by atoms with Gasteiger partial charge in [-0.05, 0) is 12.1 Å². The molecule has 1 aromatic rings. The highest BCUT2D eigenvalue weighted by Crippen LogP contribution is 2.19. The van der Waals surface area contributed by atoms with Crippen LogP contribution in [0.15, 0.2) is 18.2 Å². The van der Waals surface area contributed by atoms with Crippen LogP contribution in [-0.4, -0.2) is 32.1 Å². The first kappa shape index (κ1) is 14.3. The van der Waals surface area contributed by atoms with Gasteiger partial charge in [-0.3, -0.25) is 4.79 Å². The summed E-state index contributed by atoms with van der Waals surface area (Å²) in [6.07, 6.45) is 1.95. The third-order valence-electron chi connectivity index (χ3n) is 3.60. The number of quaternary nitrogens is 1. The van der Waals surface area contributed by atoms with Gasteiger partial charge in [0.05, 0.1) is 26.6 Å². The number of hydrogen-bond acceptors (Lipinski definition) is 1. The Hall–Kier alpha value is -1.13. The summed E-state index contributed by atoms with van der Waals surface area (Å²) in [4.78, 5) is 13.4. The van der Waals surface area contributed by atoms with Gasteiger partial charge in [-0.2, -0.15) is 0 Å². The average Bonchev–Trinajstić information content (AvgIpc) is 2.37. The minimum Gasteiger partial charge on any atom is -0.353 e. The quantitative estimate of drug-likeness (QED) is 0.847. The molecule has 2 N–H and O–H groups in total. The van der Waals surface area contributed by atoms with E-state index in [2.05, 4.69) is 12.4 Å². The lowest BCUT2D eigenvalue weighted by Gasteiger charge is -2.27. The number of carbonyl (C=O) groups is 1. The van der Waals surface area contributed by atoms with Gasteiger partial charge in [-0.15, -0.1) is 0 Å². The monoisotopic (exact) mass is 285 g/mol. The van der Waals surface area contributed by atoms with Gasteiger partial charge in [-0.1, -0.05) is 17.7 Å². The van der Waals surface area contributed by atoms with Crippen LogP contribution in [0.2, 0.25) is 5.02 Å². The Morgan fingerprint density at radius 2 is 2.16 bits per heavy atom. The number of piperidine rings is 1. The normalized spacial score (nSPS) is 23.1. The number of hydrogen-bond donors (Lipinski definition) is 2. The van der Waals surface area contributed by atoms with E-state index in [-0.39, 0.29) is 23.9 Å². The molecule has 5 heteroatoms. The van der Waals surface area contributed by atoms with Crippen LogP contribution >= 0.6 is 11.6 Å². The van der Waals surface area contributed by atoms with Crippen molar-refractivity contribution in [2.45, 2.75) is 25.3 Å². The highest BCUT2D eigenvalue weighted by Gasteiger charge is 2.21. The molecule has 0 aliphatic carbocycles. The molecular formula is C14H19ClFN2O+. The van der Waals surface area contributed by atoms with Crippen molar-refractivity contribution >= 4 is 17.5 Å². The lowest BCUT2D eigenvalue weighted by atomic mass is 10.0. The van der Waals surface area contributed by atoms with Crippen LogP contribution in [-0.2, 0) is 11.2 Å². The van der Waals surface area contributed by atoms with Gasteiger partial charge in [0.2, 0.25) is 5.91 Å². The van der Waals surface area contributed by atoms with E-state index in [9.17, 15) is 9.18 Å². The molecule has 0 atom stereocenters. The standard InChI is InChI=1S/C14H18ClFN2O/c1-18-7-5-10(6-8-18)17-14(19)9-11-12(15)3-2-4-13(11)16/h2-4,10H,5-9H2,1H3,(H,17,19)/p+1. The lowest BCUT2D eigenvalue weighted by Crippen LogP contribution is -3.10. The summed E-state index contributed by atoms with van der Waals surface area (Å²) in [6.45, 7) is 2.12. The summed E-state index contributed by atoms with van der Waals surface area (Å²) in [5.41, 5.74) is 0.278. The van der Waals surface area contributed by atoms with Gasteiger partial charge in [0.15, 0.2) is 0 Å². The van der Waals surface area contributed by atoms with Crippen LogP contribution in [0.3, 0.4) is 0 Å². The zero-order chi connectivity index (χ0) is 13.8. The zero-order valence-electron chi connectivity index (χ0n) is 11.0. The van der Waals surface area contributed by atoms with Gasteiger partial charge in [0, 0.05) is 29.5 Å². The highest BCUT2D eigenvalue weighted by atomic mass is 35.5. The van der Waals surface area contributed by atoms with Crippen LogP contribution in [0.5, 0.6) is 0 Å².